The Balaban J connectivity index is 2.26. The van der Waals surface area contributed by atoms with Gasteiger partial charge in [0.25, 0.3) is 10.0 Å². The third-order valence-electron chi connectivity index (χ3n) is 2.07. The standard InChI is InChI=1S/C10H10BrN3O2S/c1-7-12-6-10(13-7)17(15,16)14-9-4-2-8(11)3-5-9/h2-6,14H,1H3,(H,12,13). The zero-order valence-electron chi connectivity index (χ0n) is 8.94. The number of H-pyrrole nitrogens is 1. The Bertz CT molecular complexity index is 619. The van der Waals surface area contributed by atoms with Crippen LogP contribution in [0.4, 0.5) is 5.69 Å². The third kappa shape index (κ3) is 2.86. The van der Waals surface area contributed by atoms with Crippen molar-refractivity contribution in [2.24, 2.45) is 0 Å². The molecule has 5 nitrogen and oxygen atoms in total. The molecule has 1 aromatic carbocycles. The van der Waals surface area contributed by atoms with Gasteiger partial charge in [-0.1, -0.05) is 15.9 Å². The van der Waals surface area contributed by atoms with Crippen molar-refractivity contribution in [3.63, 3.8) is 0 Å². The Kier molecular flexibility index (Phi) is 3.21. The summed E-state index contributed by atoms with van der Waals surface area (Å²) in [4.78, 5) is 6.53. The quantitative estimate of drug-likeness (QED) is 0.912. The molecular weight excluding hydrogens is 306 g/mol. The van der Waals surface area contributed by atoms with Crippen LogP contribution in [0.1, 0.15) is 5.82 Å². The van der Waals surface area contributed by atoms with Gasteiger partial charge in [-0.2, -0.15) is 8.42 Å². The molecule has 1 aromatic heterocycles. The lowest BCUT2D eigenvalue weighted by Crippen LogP contribution is -2.13. The first-order valence-corrected chi connectivity index (χ1v) is 7.05. The van der Waals surface area contributed by atoms with Gasteiger partial charge >= 0.3 is 0 Å². The SMILES string of the molecule is Cc1ncc(S(=O)(=O)Nc2ccc(Br)cc2)[nH]1. The normalized spacial score (nSPS) is 11.4. The number of aryl methyl sites for hydroxylation is 1. The van der Waals surface area contributed by atoms with Crippen molar-refractivity contribution in [2.75, 3.05) is 4.72 Å². The molecule has 90 valence electrons. The number of aromatic amines is 1. The molecule has 0 amide bonds. The van der Waals surface area contributed by atoms with Crippen LogP contribution in [-0.4, -0.2) is 18.4 Å². The Morgan fingerprint density at radius 2 is 1.94 bits per heavy atom. The number of hydrogen-bond acceptors (Lipinski definition) is 3. The highest BCUT2D eigenvalue weighted by atomic mass is 79.9. The topological polar surface area (TPSA) is 74.8 Å². The summed E-state index contributed by atoms with van der Waals surface area (Å²) in [6.07, 6.45) is 1.29. The third-order valence-corrected chi connectivity index (χ3v) is 3.89. The average Bonchev–Trinajstić information content (AvgIpc) is 2.69. The van der Waals surface area contributed by atoms with Crippen LogP contribution in [0, 0.1) is 6.92 Å². The summed E-state index contributed by atoms with van der Waals surface area (Å²) < 4.78 is 27.2. The van der Waals surface area contributed by atoms with Gasteiger partial charge in [-0.25, -0.2) is 4.98 Å². The molecule has 7 heteroatoms. The monoisotopic (exact) mass is 315 g/mol. The molecule has 0 aliphatic carbocycles. The van der Waals surface area contributed by atoms with Crippen molar-refractivity contribution >= 4 is 31.6 Å². The number of nitrogens with zero attached hydrogens (tertiary/aromatic N) is 1. The molecule has 1 heterocycles. The van der Waals surface area contributed by atoms with Crippen molar-refractivity contribution in [3.05, 3.63) is 40.8 Å². The number of anilines is 1. The van der Waals surface area contributed by atoms with Crippen LogP contribution in [0.3, 0.4) is 0 Å². The van der Waals surface area contributed by atoms with Crippen molar-refractivity contribution in [3.8, 4) is 0 Å². The second-order valence-electron chi connectivity index (χ2n) is 3.45. The second-order valence-corrected chi connectivity index (χ2v) is 6.01. The van der Waals surface area contributed by atoms with E-state index < -0.39 is 10.0 Å². The molecule has 0 saturated heterocycles. The predicted octanol–water partition coefficient (Wildman–Crippen LogP) is 2.28. The molecule has 0 saturated carbocycles. The molecular formula is C10H10BrN3O2S. The fraction of sp³-hybridized carbons (Fsp3) is 0.100. The Labute approximate surface area is 107 Å². The van der Waals surface area contributed by atoms with Crippen LogP contribution in [0.15, 0.2) is 40.0 Å². The minimum atomic E-state index is -3.59. The molecule has 0 spiro atoms. The zero-order valence-corrected chi connectivity index (χ0v) is 11.3. The predicted molar refractivity (Wildman–Crippen MR) is 68.3 cm³/mol. The lowest BCUT2D eigenvalue weighted by molar-refractivity contribution is 0.598. The maximum atomic E-state index is 11.9. The molecule has 0 unspecified atom stereocenters. The van der Waals surface area contributed by atoms with Gasteiger partial charge in [0.05, 0.1) is 6.20 Å². The van der Waals surface area contributed by atoms with Crippen LogP contribution >= 0.6 is 15.9 Å². The summed E-state index contributed by atoms with van der Waals surface area (Å²) in [5, 5.41) is 0.0536. The zero-order chi connectivity index (χ0) is 12.5. The number of imidazole rings is 1. The van der Waals surface area contributed by atoms with Crippen LogP contribution < -0.4 is 4.72 Å². The first kappa shape index (κ1) is 12.1. The molecule has 0 fully saturated rings. The fourth-order valence-electron chi connectivity index (χ4n) is 1.26. The summed E-state index contributed by atoms with van der Waals surface area (Å²) >= 11 is 3.28. The molecule has 0 aliphatic rings. The molecule has 0 bridgehead atoms. The van der Waals surface area contributed by atoms with Crippen LogP contribution in [0.5, 0.6) is 0 Å². The molecule has 0 atom stereocenters. The minimum absolute atomic E-state index is 0.0536. The second kappa shape index (κ2) is 4.50. The summed E-state index contributed by atoms with van der Waals surface area (Å²) in [5.41, 5.74) is 0.500. The molecule has 2 rings (SSSR count). The van der Waals surface area contributed by atoms with E-state index in [1.54, 1.807) is 31.2 Å². The molecule has 2 aromatic rings. The summed E-state index contributed by atoms with van der Waals surface area (Å²) in [6.45, 7) is 1.69. The number of benzene rings is 1. The van der Waals surface area contributed by atoms with Gasteiger partial charge in [0.2, 0.25) is 0 Å². The highest BCUT2D eigenvalue weighted by Crippen LogP contribution is 2.17. The number of halogens is 1. The van der Waals surface area contributed by atoms with Crippen molar-refractivity contribution in [2.45, 2.75) is 11.9 Å². The van der Waals surface area contributed by atoms with Gasteiger partial charge < -0.3 is 4.98 Å². The maximum absolute atomic E-state index is 11.9. The van der Waals surface area contributed by atoms with Crippen molar-refractivity contribution in [1.82, 2.24) is 9.97 Å². The molecule has 0 aliphatic heterocycles. The number of sulfonamides is 1. The minimum Gasteiger partial charge on any atom is -0.332 e. The summed E-state index contributed by atoms with van der Waals surface area (Å²) in [6, 6.07) is 6.86. The molecule has 17 heavy (non-hydrogen) atoms. The Morgan fingerprint density at radius 3 is 2.47 bits per heavy atom. The van der Waals surface area contributed by atoms with Crippen LogP contribution in [-0.2, 0) is 10.0 Å². The van der Waals surface area contributed by atoms with Gasteiger partial charge in [-0.3, -0.25) is 4.72 Å². The van der Waals surface area contributed by atoms with Crippen LogP contribution in [0.25, 0.3) is 0 Å². The van der Waals surface area contributed by atoms with Gasteiger partial charge in [-0.05, 0) is 31.2 Å². The lowest BCUT2D eigenvalue weighted by atomic mass is 10.3. The summed E-state index contributed by atoms with van der Waals surface area (Å²) in [5.74, 6) is 0.557. The number of nitrogens with one attached hydrogen (secondary N) is 2. The van der Waals surface area contributed by atoms with E-state index in [0.717, 1.165) is 4.47 Å². The van der Waals surface area contributed by atoms with Crippen molar-refractivity contribution in [1.29, 1.82) is 0 Å². The van der Waals surface area contributed by atoms with E-state index in [-0.39, 0.29) is 5.03 Å². The maximum Gasteiger partial charge on any atom is 0.278 e. The number of aromatic nitrogens is 2. The number of hydrogen-bond donors (Lipinski definition) is 2. The Hall–Kier alpha value is -1.34. The molecule has 2 N–H and O–H groups in total. The van der Waals surface area contributed by atoms with Gasteiger partial charge in [0, 0.05) is 10.2 Å². The van der Waals surface area contributed by atoms with E-state index in [1.807, 2.05) is 0 Å². The smallest absolute Gasteiger partial charge is 0.278 e. The van der Waals surface area contributed by atoms with E-state index in [0.29, 0.717) is 11.5 Å². The van der Waals surface area contributed by atoms with E-state index in [9.17, 15) is 8.42 Å². The first-order chi connectivity index (χ1) is 7.97. The number of rotatable bonds is 3. The largest absolute Gasteiger partial charge is 0.332 e. The summed E-state index contributed by atoms with van der Waals surface area (Å²) in [7, 11) is -3.59. The van der Waals surface area contributed by atoms with Gasteiger partial charge in [0.1, 0.15) is 5.82 Å². The highest BCUT2D eigenvalue weighted by Gasteiger charge is 2.16. The molecule has 0 radical (unpaired) electrons. The lowest BCUT2D eigenvalue weighted by Gasteiger charge is -2.05. The van der Waals surface area contributed by atoms with Gasteiger partial charge in [0.15, 0.2) is 5.03 Å². The van der Waals surface area contributed by atoms with E-state index in [1.165, 1.54) is 6.20 Å². The first-order valence-electron chi connectivity index (χ1n) is 4.77. The van der Waals surface area contributed by atoms with E-state index in [4.69, 9.17) is 0 Å². The van der Waals surface area contributed by atoms with Gasteiger partial charge in [-0.15, -0.1) is 0 Å². The van der Waals surface area contributed by atoms with E-state index in [2.05, 4.69) is 30.6 Å². The fourth-order valence-corrected chi connectivity index (χ4v) is 2.56. The average molecular weight is 316 g/mol. The van der Waals surface area contributed by atoms with Crippen molar-refractivity contribution < 1.29 is 8.42 Å². The highest BCUT2D eigenvalue weighted by molar-refractivity contribution is 9.10. The van der Waals surface area contributed by atoms with E-state index >= 15 is 0 Å². The van der Waals surface area contributed by atoms with Crippen LogP contribution in [0.2, 0.25) is 0 Å². The Morgan fingerprint density at radius 1 is 1.29 bits per heavy atom.